The molecule has 13 heavy (non-hydrogen) atoms. The first-order valence-corrected chi connectivity index (χ1v) is 4.02. The summed E-state index contributed by atoms with van der Waals surface area (Å²) in [6, 6.07) is 2.97. The van der Waals surface area contributed by atoms with Gasteiger partial charge in [0.1, 0.15) is 0 Å². The minimum absolute atomic E-state index is 0.0508. The fraction of sp³-hybridized carbons (Fsp3) is 0.444. The molecule has 0 spiro atoms. The Kier molecular flexibility index (Phi) is 2.90. The van der Waals surface area contributed by atoms with E-state index < -0.39 is 12.1 Å². The maximum Gasteiger partial charge on any atom is 0.395 e. The van der Waals surface area contributed by atoms with Crippen molar-refractivity contribution in [3.63, 3.8) is 0 Å². The van der Waals surface area contributed by atoms with Crippen LogP contribution in [0.25, 0.3) is 0 Å². The lowest BCUT2D eigenvalue weighted by Crippen LogP contribution is -2.20. The van der Waals surface area contributed by atoms with Crippen LogP contribution in [0.4, 0.5) is 13.2 Å². The van der Waals surface area contributed by atoms with Gasteiger partial charge in [0.2, 0.25) is 0 Å². The third-order valence-corrected chi connectivity index (χ3v) is 1.89. The van der Waals surface area contributed by atoms with Crippen molar-refractivity contribution in [2.75, 3.05) is 0 Å². The number of halogens is 3. The van der Waals surface area contributed by atoms with Gasteiger partial charge in [-0.2, -0.15) is 13.2 Å². The summed E-state index contributed by atoms with van der Waals surface area (Å²) in [6.07, 6.45) is -1.39. The summed E-state index contributed by atoms with van der Waals surface area (Å²) >= 11 is 0. The normalized spacial score (nSPS) is 14.2. The van der Waals surface area contributed by atoms with Crippen molar-refractivity contribution in [1.29, 1.82) is 0 Å². The number of pyridine rings is 1. The molecular formula is C9H10F3N. The second-order valence-electron chi connectivity index (χ2n) is 2.79. The summed E-state index contributed by atoms with van der Waals surface area (Å²) in [6.45, 7) is 1.52. The molecule has 1 unspecified atom stereocenters. The van der Waals surface area contributed by atoms with Crippen LogP contribution in [0.1, 0.15) is 24.8 Å². The highest BCUT2D eigenvalue weighted by molar-refractivity contribution is 5.16. The van der Waals surface area contributed by atoms with Gasteiger partial charge in [0.05, 0.1) is 5.92 Å². The van der Waals surface area contributed by atoms with Crippen molar-refractivity contribution in [2.24, 2.45) is 0 Å². The Morgan fingerprint density at radius 1 is 1.46 bits per heavy atom. The zero-order valence-electron chi connectivity index (χ0n) is 7.17. The highest BCUT2D eigenvalue weighted by Gasteiger charge is 2.39. The van der Waals surface area contributed by atoms with E-state index in [-0.39, 0.29) is 12.0 Å². The quantitative estimate of drug-likeness (QED) is 0.696. The van der Waals surface area contributed by atoms with Crippen LogP contribution in [-0.4, -0.2) is 11.2 Å². The van der Waals surface area contributed by atoms with E-state index in [1.54, 1.807) is 0 Å². The highest BCUT2D eigenvalue weighted by Crippen LogP contribution is 2.36. The van der Waals surface area contributed by atoms with E-state index in [0.717, 1.165) is 0 Å². The number of rotatable bonds is 2. The number of aromatic nitrogens is 1. The predicted octanol–water partition coefficient (Wildman–Crippen LogP) is 3.14. The fourth-order valence-corrected chi connectivity index (χ4v) is 1.24. The van der Waals surface area contributed by atoms with E-state index >= 15 is 0 Å². The molecule has 1 rings (SSSR count). The van der Waals surface area contributed by atoms with Crippen molar-refractivity contribution in [2.45, 2.75) is 25.4 Å². The third-order valence-electron chi connectivity index (χ3n) is 1.89. The number of nitrogens with zero attached hydrogens (tertiary/aromatic N) is 1. The van der Waals surface area contributed by atoms with Crippen LogP contribution >= 0.6 is 0 Å². The summed E-state index contributed by atoms with van der Waals surface area (Å²) in [4.78, 5) is 3.67. The van der Waals surface area contributed by atoms with Crippen LogP contribution in [0.3, 0.4) is 0 Å². The van der Waals surface area contributed by atoms with Crippen molar-refractivity contribution >= 4 is 0 Å². The lowest BCUT2D eigenvalue weighted by atomic mass is 9.98. The molecule has 0 saturated carbocycles. The average molecular weight is 189 g/mol. The second kappa shape index (κ2) is 3.77. The summed E-state index contributed by atoms with van der Waals surface area (Å²) in [5.41, 5.74) is 0.234. The van der Waals surface area contributed by atoms with Crippen molar-refractivity contribution < 1.29 is 13.2 Å². The molecule has 0 aliphatic heterocycles. The maximum atomic E-state index is 12.4. The van der Waals surface area contributed by atoms with Crippen LogP contribution in [-0.2, 0) is 0 Å². The molecule has 0 aromatic carbocycles. The molecule has 0 amide bonds. The molecular weight excluding hydrogens is 179 g/mol. The minimum atomic E-state index is -4.17. The Hall–Kier alpha value is -1.06. The van der Waals surface area contributed by atoms with Gasteiger partial charge in [0, 0.05) is 12.4 Å². The fourth-order valence-electron chi connectivity index (χ4n) is 1.24. The van der Waals surface area contributed by atoms with Crippen LogP contribution in [0.15, 0.2) is 24.5 Å². The first kappa shape index (κ1) is 10.0. The SMILES string of the molecule is CCC(c1cccnc1)C(F)(F)F. The van der Waals surface area contributed by atoms with E-state index in [4.69, 9.17) is 0 Å². The Morgan fingerprint density at radius 2 is 2.15 bits per heavy atom. The largest absolute Gasteiger partial charge is 0.395 e. The van der Waals surface area contributed by atoms with Crippen molar-refractivity contribution in [3.8, 4) is 0 Å². The minimum Gasteiger partial charge on any atom is -0.264 e. The highest BCUT2D eigenvalue weighted by atomic mass is 19.4. The molecule has 1 nitrogen and oxygen atoms in total. The Morgan fingerprint density at radius 3 is 2.54 bits per heavy atom. The van der Waals surface area contributed by atoms with Gasteiger partial charge in [-0.25, -0.2) is 0 Å². The molecule has 0 radical (unpaired) electrons. The molecule has 0 N–H and O–H groups in total. The van der Waals surface area contributed by atoms with Crippen molar-refractivity contribution in [3.05, 3.63) is 30.1 Å². The van der Waals surface area contributed by atoms with Crippen LogP contribution in [0.2, 0.25) is 0 Å². The molecule has 72 valence electrons. The number of alkyl halides is 3. The summed E-state index contributed by atoms with van der Waals surface area (Å²) in [7, 11) is 0. The molecule has 0 saturated heterocycles. The Bertz CT molecular complexity index is 255. The monoisotopic (exact) mass is 189 g/mol. The predicted molar refractivity (Wildman–Crippen MR) is 43.3 cm³/mol. The molecule has 0 aliphatic carbocycles. The van der Waals surface area contributed by atoms with Crippen molar-refractivity contribution in [1.82, 2.24) is 4.98 Å². The van der Waals surface area contributed by atoms with E-state index in [0.29, 0.717) is 0 Å². The van der Waals surface area contributed by atoms with Crippen LogP contribution < -0.4 is 0 Å². The molecule has 0 bridgehead atoms. The van der Waals surface area contributed by atoms with Gasteiger partial charge in [0.15, 0.2) is 0 Å². The molecule has 0 fully saturated rings. The van der Waals surface area contributed by atoms with E-state index in [1.807, 2.05) is 0 Å². The lowest BCUT2D eigenvalue weighted by Gasteiger charge is -2.18. The number of hydrogen-bond acceptors (Lipinski definition) is 1. The molecule has 1 atom stereocenters. The van der Waals surface area contributed by atoms with Gasteiger partial charge in [-0.1, -0.05) is 13.0 Å². The standard InChI is InChI=1S/C9H10F3N/c1-2-8(9(10,11)12)7-4-3-5-13-6-7/h3-6,8H,2H2,1H3. The first-order valence-electron chi connectivity index (χ1n) is 4.02. The van der Waals surface area contributed by atoms with E-state index in [1.165, 1.54) is 31.5 Å². The van der Waals surface area contributed by atoms with Gasteiger partial charge in [-0.05, 0) is 18.1 Å². The first-order chi connectivity index (χ1) is 6.05. The topological polar surface area (TPSA) is 12.9 Å². The average Bonchev–Trinajstić information content (AvgIpc) is 2.05. The van der Waals surface area contributed by atoms with Gasteiger partial charge in [-0.15, -0.1) is 0 Å². The van der Waals surface area contributed by atoms with E-state index in [2.05, 4.69) is 4.98 Å². The summed E-state index contributed by atoms with van der Waals surface area (Å²) < 4.78 is 37.1. The number of hydrogen-bond donors (Lipinski definition) is 0. The van der Waals surface area contributed by atoms with E-state index in [9.17, 15) is 13.2 Å². The maximum absolute atomic E-state index is 12.4. The third kappa shape index (κ3) is 2.44. The second-order valence-corrected chi connectivity index (χ2v) is 2.79. The van der Waals surface area contributed by atoms with Crippen LogP contribution in [0.5, 0.6) is 0 Å². The van der Waals surface area contributed by atoms with Gasteiger partial charge >= 0.3 is 6.18 Å². The van der Waals surface area contributed by atoms with Gasteiger partial charge < -0.3 is 0 Å². The molecule has 4 heteroatoms. The van der Waals surface area contributed by atoms with Gasteiger partial charge in [-0.3, -0.25) is 4.98 Å². The lowest BCUT2D eigenvalue weighted by molar-refractivity contribution is -0.151. The summed E-state index contributed by atoms with van der Waals surface area (Å²) in [5.74, 6) is -1.39. The zero-order chi connectivity index (χ0) is 9.90. The summed E-state index contributed by atoms with van der Waals surface area (Å²) in [5, 5.41) is 0. The van der Waals surface area contributed by atoms with Gasteiger partial charge in [0.25, 0.3) is 0 Å². The molecule has 1 aromatic rings. The zero-order valence-corrected chi connectivity index (χ0v) is 7.17. The smallest absolute Gasteiger partial charge is 0.264 e. The molecule has 1 aromatic heterocycles. The van der Waals surface area contributed by atoms with Crippen LogP contribution in [0, 0.1) is 0 Å². The Balaban J connectivity index is 2.92. The molecule has 1 heterocycles. The molecule has 0 aliphatic rings. The Labute approximate surface area is 74.6 Å².